The van der Waals surface area contributed by atoms with Crippen LogP contribution in [0.25, 0.3) is 11.5 Å². The van der Waals surface area contributed by atoms with Crippen LogP contribution in [-0.2, 0) is 6.42 Å². The number of aryl methyl sites for hydroxylation is 1. The van der Waals surface area contributed by atoms with E-state index in [9.17, 15) is 0 Å². The molecule has 0 amide bonds. The second kappa shape index (κ2) is 5.69. The van der Waals surface area contributed by atoms with Crippen LogP contribution in [0.1, 0.15) is 17.0 Å². The van der Waals surface area contributed by atoms with Crippen molar-refractivity contribution in [3.63, 3.8) is 0 Å². The molecule has 0 atom stereocenters. The molecular formula is C16H14BrN3O. The lowest BCUT2D eigenvalue weighted by atomic mass is 10.1. The Morgan fingerprint density at radius 2 is 1.90 bits per heavy atom. The van der Waals surface area contributed by atoms with E-state index in [1.807, 2.05) is 18.2 Å². The molecule has 0 saturated heterocycles. The number of nitrogen functional groups attached to an aromatic ring is 1. The van der Waals surface area contributed by atoms with Gasteiger partial charge in [-0.1, -0.05) is 50.9 Å². The van der Waals surface area contributed by atoms with Crippen molar-refractivity contribution in [2.24, 2.45) is 0 Å². The Bertz CT molecular complexity index is 765. The predicted molar refractivity (Wildman–Crippen MR) is 85.8 cm³/mol. The molecule has 0 spiro atoms. The lowest BCUT2D eigenvalue weighted by Crippen LogP contribution is -1.92. The maximum atomic E-state index is 5.97. The minimum atomic E-state index is 0.446. The molecule has 0 aliphatic heterocycles. The zero-order valence-corrected chi connectivity index (χ0v) is 13.1. The Hall–Kier alpha value is -2.14. The Morgan fingerprint density at radius 3 is 2.62 bits per heavy atom. The summed E-state index contributed by atoms with van der Waals surface area (Å²) in [7, 11) is 0. The van der Waals surface area contributed by atoms with Crippen molar-refractivity contribution in [2.45, 2.75) is 13.3 Å². The highest BCUT2D eigenvalue weighted by Crippen LogP contribution is 2.27. The van der Waals surface area contributed by atoms with E-state index in [1.165, 1.54) is 5.56 Å². The highest BCUT2D eigenvalue weighted by molar-refractivity contribution is 9.10. The first kappa shape index (κ1) is 13.8. The van der Waals surface area contributed by atoms with Gasteiger partial charge < -0.3 is 10.3 Å². The zero-order chi connectivity index (χ0) is 14.8. The number of anilines is 1. The van der Waals surface area contributed by atoms with Crippen molar-refractivity contribution >= 4 is 21.6 Å². The molecule has 1 aromatic heterocycles. The van der Waals surface area contributed by atoms with Gasteiger partial charge in [-0.25, -0.2) is 0 Å². The summed E-state index contributed by atoms with van der Waals surface area (Å²) in [5, 5.41) is 4.02. The molecule has 4 nitrogen and oxygen atoms in total. The van der Waals surface area contributed by atoms with Crippen molar-refractivity contribution in [1.82, 2.24) is 10.1 Å². The number of aromatic nitrogens is 2. The summed E-state index contributed by atoms with van der Waals surface area (Å²) in [6, 6.07) is 13.9. The number of halogens is 1. The highest BCUT2D eigenvalue weighted by Gasteiger charge is 2.12. The fraction of sp³-hybridized carbons (Fsp3) is 0.125. The van der Waals surface area contributed by atoms with Gasteiger partial charge in [0.1, 0.15) is 0 Å². The molecular weight excluding hydrogens is 330 g/mol. The Kier molecular flexibility index (Phi) is 3.75. The van der Waals surface area contributed by atoms with Crippen LogP contribution in [0, 0.1) is 6.92 Å². The van der Waals surface area contributed by atoms with Crippen molar-refractivity contribution in [3.05, 3.63) is 63.9 Å². The lowest BCUT2D eigenvalue weighted by Gasteiger charge is -2.00. The molecule has 0 fully saturated rings. The number of nitrogens with zero attached hydrogens (tertiary/aromatic N) is 2. The Balaban J connectivity index is 1.84. The van der Waals surface area contributed by atoms with Gasteiger partial charge in [-0.05, 0) is 30.7 Å². The fourth-order valence-corrected chi connectivity index (χ4v) is 2.43. The van der Waals surface area contributed by atoms with Gasteiger partial charge in [0.25, 0.3) is 5.89 Å². The molecule has 21 heavy (non-hydrogen) atoms. The smallest absolute Gasteiger partial charge is 0.260 e. The molecule has 3 aromatic rings. The van der Waals surface area contributed by atoms with Gasteiger partial charge in [0.15, 0.2) is 5.82 Å². The second-order valence-electron chi connectivity index (χ2n) is 4.91. The van der Waals surface area contributed by atoms with Crippen LogP contribution in [0.4, 0.5) is 5.69 Å². The molecule has 5 heteroatoms. The van der Waals surface area contributed by atoms with Crippen LogP contribution >= 0.6 is 15.9 Å². The van der Waals surface area contributed by atoms with E-state index in [4.69, 9.17) is 10.3 Å². The van der Waals surface area contributed by atoms with Crippen molar-refractivity contribution < 1.29 is 4.52 Å². The zero-order valence-electron chi connectivity index (χ0n) is 11.5. The summed E-state index contributed by atoms with van der Waals surface area (Å²) < 4.78 is 6.23. The van der Waals surface area contributed by atoms with E-state index >= 15 is 0 Å². The van der Waals surface area contributed by atoms with E-state index in [2.05, 4.69) is 57.3 Å². The average Bonchev–Trinajstić information content (AvgIpc) is 2.90. The topological polar surface area (TPSA) is 64.9 Å². The summed E-state index contributed by atoms with van der Waals surface area (Å²) in [6.07, 6.45) is 0.639. The van der Waals surface area contributed by atoms with Crippen LogP contribution in [-0.4, -0.2) is 10.1 Å². The largest absolute Gasteiger partial charge is 0.398 e. The molecule has 0 bridgehead atoms. The molecule has 1 heterocycles. The van der Waals surface area contributed by atoms with E-state index in [1.54, 1.807) is 0 Å². The predicted octanol–water partition coefficient (Wildman–Crippen LogP) is 3.98. The Morgan fingerprint density at radius 1 is 1.14 bits per heavy atom. The van der Waals surface area contributed by atoms with Crippen molar-refractivity contribution in [1.29, 1.82) is 0 Å². The first-order valence-electron chi connectivity index (χ1n) is 6.55. The van der Waals surface area contributed by atoms with Gasteiger partial charge in [0, 0.05) is 16.6 Å². The number of rotatable bonds is 3. The maximum absolute atomic E-state index is 5.97. The van der Waals surface area contributed by atoms with E-state index in [0.29, 0.717) is 23.8 Å². The third-order valence-electron chi connectivity index (χ3n) is 3.19. The minimum absolute atomic E-state index is 0.446. The standard InChI is InChI=1S/C16H14BrN3O/c1-10-2-4-11(5-3-10)8-15-19-16(21-20-15)13-7-6-12(17)9-14(13)18/h2-7,9H,8,18H2,1H3. The van der Waals surface area contributed by atoms with E-state index < -0.39 is 0 Å². The molecule has 106 valence electrons. The molecule has 2 aromatic carbocycles. The minimum Gasteiger partial charge on any atom is -0.398 e. The summed E-state index contributed by atoms with van der Waals surface area (Å²) in [5.74, 6) is 1.10. The van der Waals surface area contributed by atoms with E-state index in [-0.39, 0.29) is 0 Å². The van der Waals surface area contributed by atoms with Crippen LogP contribution in [0.15, 0.2) is 51.5 Å². The Labute approximate surface area is 131 Å². The summed E-state index contributed by atoms with van der Waals surface area (Å²) >= 11 is 3.38. The molecule has 0 radical (unpaired) electrons. The van der Waals surface area contributed by atoms with Crippen LogP contribution in [0.2, 0.25) is 0 Å². The molecule has 3 rings (SSSR count). The maximum Gasteiger partial charge on any atom is 0.260 e. The number of hydrogen-bond donors (Lipinski definition) is 1. The third kappa shape index (κ3) is 3.13. The molecule has 0 unspecified atom stereocenters. The number of nitrogens with two attached hydrogens (primary N) is 1. The monoisotopic (exact) mass is 343 g/mol. The first-order valence-corrected chi connectivity index (χ1v) is 7.34. The summed E-state index contributed by atoms with van der Waals surface area (Å²) in [4.78, 5) is 4.42. The van der Waals surface area contributed by atoms with Crippen molar-refractivity contribution in [2.75, 3.05) is 5.73 Å². The highest BCUT2D eigenvalue weighted by atomic mass is 79.9. The van der Waals surface area contributed by atoms with Gasteiger partial charge in [-0.3, -0.25) is 0 Å². The number of benzene rings is 2. The van der Waals surface area contributed by atoms with Crippen molar-refractivity contribution in [3.8, 4) is 11.5 Å². The fourth-order valence-electron chi connectivity index (χ4n) is 2.05. The molecule has 0 saturated carbocycles. The van der Waals surface area contributed by atoms with Gasteiger partial charge in [-0.2, -0.15) is 4.98 Å². The molecule has 2 N–H and O–H groups in total. The number of hydrogen-bond acceptors (Lipinski definition) is 4. The van der Waals surface area contributed by atoms with E-state index in [0.717, 1.165) is 15.6 Å². The first-order chi connectivity index (χ1) is 10.1. The van der Waals surface area contributed by atoms with Crippen LogP contribution in [0.3, 0.4) is 0 Å². The van der Waals surface area contributed by atoms with Crippen LogP contribution in [0.5, 0.6) is 0 Å². The van der Waals surface area contributed by atoms with Gasteiger partial charge in [0.2, 0.25) is 0 Å². The quantitative estimate of drug-likeness (QED) is 0.730. The van der Waals surface area contributed by atoms with Gasteiger partial charge >= 0.3 is 0 Å². The average molecular weight is 344 g/mol. The third-order valence-corrected chi connectivity index (χ3v) is 3.69. The van der Waals surface area contributed by atoms with Gasteiger partial charge in [0.05, 0.1) is 5.56 Å². The summed E-state index contributed by atoms with van der Waals surface area (Å²) in [5.41, 5.74) is 9.71. The normalized spacial score (nSPS) is 10.8. The lowest BCUT2D eigenvalue weighted by molar-refractivity contribution is 0.424. The van der Waals surface area contributed by atoms with Crippen LogP contribution < -0.4 is 5.73 Å². The molecule has 0 aliphatic carbocycles. The second-order valence-corrected chi connectivity index (χ2v) is 5.83. The SMILES string of the molecule is Cc1ccc(Cc2noc(-c3ccc(Br)cc3N)n2)cc1. The molecule has 0 aliphatic rings. The summed E-state index contributed by atoms with van der Waals surface area (Å²) in [6.45, 7) is 2.06. The van der Waals surface area contributed by atoms with Gasteiger partial charge in [-0.15, -0.1) is 0 Å².